The van der Waals surface area contributed by atoms with Crippen LogP contribution in [-0.4, -0.2) is 22.3 Å². The van der Waals surface area contributed by atoms with Crippen molar-refractivity contribution in [2.24, 2.45) is 40.4 Å². The van der Waals surface area contributed by atoms with Crippen molar-refractivity contribution in [2.75, 3.05) is 0 Å². The number of rotatable bonds is 2. The first-order chi connectivity index (χ1) is 11.8. The van der Waals surface area contributed by atoms with E-state index in [1.54, 1.807) is 0 Å². The second kappa shape index (κ2) is 5.84. The minimum absolute atomic E-state index is 0.170. The minimum atomic E-state index is -0.623. The molecule has 4 aliphatic rings. The molecule has 0 heterocycles. The number of carboxylic acid groups (broad SMARTS) is 1. The molecule has 0 saturated heterocycles. The summed E-state index contributed by atoms with van der Waals surface area (Å²) >= 11 is 0. The summed E-state index contributed by atoms with van der Waals surface area (Å²) in [7, 11) is 0. The third-order valence-corrected chi connectivity index (χ3v) is 9.07. The molecule has 3 fully saturated rings. The molecule has 3 saturated carbocycles. The zero-order chi connectivity index (χ0) is 18.0. The third kappa shape index (κ3) is 2.52. The number of aliphatic carboxylic acids is 1. The molecule has 3 unspecified atom stereocenters. The van der Waals surface area contributed by atoms with Crippen LogP contribution >= 0.6 is 0 Å². The van der Waals surface area contributed by atoms with E-state index in [0.717, 1.165) is 31.6 Å². The van der Waals surface area contributed by atoms with Crippen molar-refractivity contribution in [2.45, 2.75) is 78.2 Å². The number of aliphatic hydroxyl groups excluding tert-OH is 1. The van der Waals surface area contributed by atoms with Gasteiger partial charge in [0.15, 0.2) is 0 Å². The maximum Gasteiger partial charge on any atom is 0.303 e. The Kier molecular flexibility index (Phi) is 4.10. The highest BCUT2D eigenvalue weighted by Gasteiger charge is 2.59. The lowest BCUT2D eigenvalue weighted by Crippen LogP contribution is -2.51. The maximum atomic E-state index is 11.3. The fourth-order valence-corrected chi connectivity index (χ4v) is 7.64. The number of fused-ring (bicyclic) bond motifs is 5. The van der Waals surface area contributed by atoms with Gasteiger partial charge in [-0.15, -0.1) is 0 Å². The van der Waals surface area contributed by atoms with Crippen LogP contribution in [0.15, 0.2) is 11.6 Å². The summed E-state index contributed by atoms with van der Waals surface area (Å²) in [6, 6.07) is 0. The highest BCUT2D eigenvalue weighted by Crippen LogP contribution is 2.66. The molecule has 140 valence electrons. The van der Waals surface area contributed by atoms with E-state index in [4.69, 9.17) is 0 Å². The van der Waals surface area contributed by atoms with Crippen LogP contribution in [-0.2, 0) is 4.79 Å². The smallest absolute Gasteiger partial charge is 0.303 e. The number of hydrogen-bond acceptors (Lipinski definition) is 2. The van der Waals surface area contributed by atoms with Gasteiger partial charge >= 0.3 is 5.97 Å². The first-order valence-corrected chi connectivity index (χ1v) is 10.3. The molecule has 0 aliphatic heterocycles. The largest absolute Gasteiger partial charge is 0.481 e. The number of carboxylic acids is 1. The van der Waals surface area contributed by atoms with Crippen molar-refractivity contribution >= 4 is 5.97 Å². The lowest BCUT2D eigenvalue weighted by Gasteiger charge is -2.58. The van der Waals surface area contributed by atoms with Crippen LogP contribution in [0.5, 0.6) is 0 Å². The lowest BCUT2D eigenvalue weighted by molar-refractivity contribution is -0.140. The van der Waals surface area contributed by atoms with Gasteiger partial charge in [-0.3, -0.25) is 4.79 Å². The van der Waals surface area contributed by atoms with Gasteiger partial charge in [-0.05, 0) is 85.4 Å². The van der Waals surface area contributed by atoms with Crippen LogP contribution in [0.3, 0.4) is 0 Å². The topological polar surface area (TPSA) is 57.5 Å². The van der Waals surface area contributed by atoms with Crippen LogP contribution in [0.2, 0.25) is 0 Å². The monoisotopic (exact) mass is 346 g/mol. The van der Waals surface area contributed by atoms with Crippen molar-refractivity contribution in [3.05, 3.63) is 11.6 Å². The van der Waals surface area contributed by atoms with Crippen molar-refractivity contribution in [3.63, 3.8) is 0 Å². The van der Waals surface area contributed by atoms with E-state index in [0.29, 0.717) is 30.1 Å². The van der Waals surface area contributed by atoms with E-state index >= 15 is 0 Å². The highest BCUT2D eigenvalue weighted by molar-refractivity contribution is 5.67. The second-order valence-electron chi connectivity index (χ2n) is 10.1. The van der Waals surface area contributed by atoms with Gasteiger partial charge in [0.1, 0.15) is 0 Å². The van der Waals surface area contributed by atoms with Gasteiger partial charge in [-0.25, -0.2) is 0 Å². The Morgan fingerprint density at radius 3 is 2.72 bits per heavy atom. The minimum Gasteiger partial charge on any atom is -0.481 e. The number of allylic oxidation sites excluding steroid dienone is 1. The summed E-state index contributed by atoms with van der Waals surface area (Å²) in [6.45, 7) is 7.06. The van der Waals surface area contributed by atoms with Crippen LogP contribution in [0.1, 0.15) is 72.1 Å². The van der Waals surface area contributed by atoms with Crippen molar-refractivity contribution in [1.29, 1.82) is 0 Å². The maximum absolute atomic E-state index is 11.3. The molecule has 3 heteroatoms. The van der Waals surface area contributed by atoms with Crippen LogP contribution < -0.4 is 0 Å². The Balaban J connectivity index is 1.62. The van der Waals surface area contributed by atoms with Crippen molar-refractivity contribution < 1.29 is 15.0 Å². The molecule has 4 rings (SSSR count). The summed E-state index contributed by atoms with van der Waals surface area (Å²) in [5.74, 6) is 2.26. The molecule has 0 bridgehead atoms. The SMILES string of the molecule is CC1C[C@@]2(C)C(=CC[C@@H]3[C@H]2CC[C@]2(C)C(CC(=O)O)CC[C@@H]32)CC1O. The van der Waals surface area contributed by atoms with Crippen molar-refractivity contribution in [1.82, 2.24) is 0 Å². The Labute approximate surface area is 151 Å². The van der Waals surface area contributed by atoms with Gasteiger partial charge in [-0.1, -0.05) is 32.4 Å². The lowest BCUT2D eigenvalue weighted by atomic mass is 9.46. The van der Waals surface area contributed by atoms with Gasteiger partial charge in [0.05, 0.1) is 6.10 Å². The molecule has 3 nitrogen and oxygen atoms in total. The molecule has 0 amide bonds. The summed E-state index contributed by atoms with van der Waals surface area (Å²) in [5, 5.41) is 19.7. The average Bonchev–Trinajstić information content (AvgIpc) is 2.85. The van der Waals surface area contributed by atoms with E-state index in [-0.39, 0.29) is 16.9 Å². The summed E-state index contributed by atoms with van der Waals surface area (Å²) in [4.78, 5) is 11.3. The van der Waals surface area contributed by atoms with E-state index in [2.05, 4.69) is 26.8 Å². The first-order valence-electron chi connectivity index (χ1n) is 10.3. The summed E-state index contributed by atoms with van der Waals surface area (Å²) in [6.07, 6.45) is 10.5. The molecule has 25 heavy (non-hydrogen) atoms. The molecular weight excluding hydrogens is 312 g/mol. The van der Waals surface area contributed by atoms with Gasteiger partial charge < -0.3 is 10.2 Å². The van der Waals surface area contributed by atoms with Gasteiger partial charge in [0.2, 0.25) is 0 Å². The Morgan fingerprint density at radius 2 is 2.00 bits per heavy atom. The predicted molar refractivity (Wildman–Crippen MR) is 98.0 cm³/mol. The molecule has 0 aromatic carbocycles. The second-order valence-corrected chi connectivity index (χ2v) is 10.1. The fraction of sp³-hybridized carbons (Fsp3) is 0.864. The van der Waals surface area contributed by atoms with Gasteiger partial charge in [0, 0.05) is 6.42 Å². The number of carbonyl (C=O) groups is 1. The van der Waals surface area contributed by atoms with Crippen LogP contribution in [0.25, 0.3) is 0 Å². The Hall–Kier alpha value is -0.830. The zero-order valence-corrected chi connectivity index (χ0v) is 16.0. The van der Waals surface area contributed by atoms with Crippen LogP contribution in [0.4, 0.5) is 0 Å². The molecule has 0 aromatic heterocycles. The normalized spacial score (nSPS) is 51.9. The average molecular weight is 347 g/mol. The molecule has 0 spiro atoms. The predicted octanol–water partition coefficient (Wildman–Crippen LogP) is 4.65. The molecular formula is C22H34O3. The Bertz CT molecular complexity index is 596. The molecule has 4 aliphatic carbocycles. The van der Waals surface area contributed by atoms with Crippen LogP contribution in [0, 0.1) is 40.4 Å². The number of aliphatic hydroxyl groups is 1. The van der Waals surface area contributed by atoms with E-state index < -0.39 is 5.97 Å². The fourth-order valence-electron chi connectivity index (χ4n) is 7.64. The molecule has 0 radical (unpaired) electrons. The summed E-state index contributed by atoms with van der Waals surface area (Å²) in [5.41, 5.74) is 2.00. The highest BCUT2D eigenvalue weighted by atomic mass is 16.4. The molecule has 0 aromatic rings. The van der Waals surface area contributed by atoms with E-state index in [9.17, 15) is 15.0 Å². The zero-order valence-electron chi connectivity index (χ0n) is 16.0. The quantitative estimate of drug-likeness (QED) is 0.716. The first kappa shape index (κ1) is 17.6. The van der Waals surface area contributed by atoms with E-state index in [1.807, 2.05) is 0 Å². The standard InChI is InChI=1S/C22H34O3/c1-13-12-22(3)14(10-19(13)23)4-6-16-17-7-5-15(11-20(24)25)21(17,2)9-8-18(16)22/h4,13,15-19,23H,5-12H2,1-3H3,(H,24,25)/t13?,15?,16-,17-,18+,19?,21+,22-/m0/s1. The molecule has 8 atom stereocenters. The summed E-state index contributed by atoms with van der Waals surface area (Å²) < 4.78 is 0. The van der Waals surface area contributed by atoms with Gasteiger partial charge in [0.25, 0.3) is 0 Å². The molecule has 2 N–H and O–H groups in total. The van der Waals surface area contributed by atoms with Gasteiger partial charge in [-0.2, -0.15) is 0 Å². The third-order valence-electron chi connectivity index (χ3n) is 9.07. The number of hydrogen-bond donors (Lipinski definition) is 2. The van der Waals surface area contributed by atoms with E-state index in [1.165, 1.54) is 24.8 Å². The Morgan fingerprint density at radius 1 is 1.24 bits per heavy atom. The van der Waals surface area contributed by atoms with Crippen molar-refractivity contribution in [3.8, 4) is 0 Å².